The van der Waals surface area contributed by atoms with E-state index in [4.69, 9.17) is 28.9 Å². The number of anilines is 3. The van der Waals surface area contributed by atoms with E-state index in [2.05, 4.69) is 31.0 Å². The minimum absolute atomic E-state index is 0.352. The highest BCUT2D eigenvalue weighted by molar-refractivity contribution is 5.87. The molecule has 2 fully saturated rings. The minimum Gasteiger partial charge on any atom is -0.444 e. The quantitative estimate of drug-likeness (QED) is 0.225. The fraction of sp³-hybridized carbons (Fsp3) is 0.700. The van der Waals surface area contributed by atoms with E-state index in [1.165, 1.54) is 12.8 Å². The first-order valence-electron chi connectivity index (χ1n) is 15.9. The number of amides is 1. The smallest absolute Gasteiger partial charge is 0.407 e. The number of hydrogen-bond donors (Lipinski definition) is 3. The third kappa shape index (κ3) is 9.98. The van der Waals surface area contributed by atoms with E-state index in [0.717, 1.165) is 61.7 Å². The molecule has 3 N–H and O–H groups in total. The van der Waals surface area contributed by atoms with Gasteiger partial charge in [-0.15, -0.1) is 0 Å². The van der Waals surface area contributed by atoms with E-state index in [1.807, 2.05) is 43.4 Å². The number of morpholine rings is 1. The molecule has 0 atom stereocenters. The molecular formula is C30H48N10O5. The number of hydrogen-bond acceptors (Lipinski definition) is 12. The van der Waals surface area contributed by atoms with Gasteiger partial charge < -0.3 is 34.9 Å². The van der Waals surface area contributed by atoms with Gasteiger partial charge in [-0.1, -0.05) is 0 Å². The van der Waals surface area contributed by atoms with Crippen LogP contribution in [0.15, 0.2) is 18.6 Å². The van der Waals surface area contributed by atoms with Crippen molar-refractivity contribution in [3.63, 3.8) is 0 Å². The fourth-order valence-electron chi connectivity index (χ4n) is 5.66. The van der Waals surface area contributed by atoms with Crippen LogP contribution >= 0.6 is 0 Å². The van der Waals surface area contributed by atoms with Gasteiger partial charge in [0.15, 0.2) is 5.82 Å². The normalized spacial score (nSPS) is 19.5. The van der Waals surface area contributed by atoms with Gasteiger partial charge in [-0.3, -0.25) is 14.3 Å². The molecule has 3 aromatic heterocycles. The molecule has 0 radical (unpaired) electrons. The Balaban J connectivity index is 1.04. The Morgan fingerprint density at radius 3 is 2.51 bits per heavy atom. The van der Waals surface area contributed by atoms with Gasteiger partial charge in [-0.25, -0.2) is 9.78 Å². The lowest BCUT2D eigenvalue weighted by atomic mass is 9.90. The van der Waals surface area contributed by atoms with Gasteiger partial charge in [0, 0.05) is 45.0 Å². The third-order valence-electron chi connectivity index (χ3n) is 7.83. The second-order valence-corrected chi connectivity index (χ2v) is 12.5. The zero-order chi connectivity index (χ0) is 31.6. The maximum absolute atomic E-state index is 11.6. The predicted molar refractivity (Wildman–Crippen MR) is 170 cm³/mol. The average Bonchev–Trinajstić information content (AvgIpc) is 3.62. The number of carbonyl (C=O) groups is 1. The Bertz CT molecular complexity index is 1360. The lowest BCUT2D eigenvalue weighted by molar-refractivity contribution is 0.00791. The molecule has 248 valence electrons. The Hall–Kier alpha value is -3.53. The first kappa shape index (κ1) is 32.9. The molecule has 2 aliphatic rings. The number of carbonyl (C=O) groups excluding carboxylic acids is 1. The Morgan fingerprint density at radius 2 is 1.76 bits per heavy atom. The number of nitrogens with one attached hydrogen (secondary N) is 3. The molecule has 3 aromatic rings. The number of aryl methyl sites for hydroxylation is 1. The summed E-state index contributed by atoms with van der Waals surface area (Å²) >= 11 is 0. The molecule has 0 aromatic carbocycles. The molecule has 0 unspecified atom stereocenters. The van der Waals surface area contributed by atoms with E-state index >= 15 is 0 Å². The van der Waals surface area contributed by atoms with E-state index < -0.39 is 11.7 Å². The molecule has 0 spiro atoms. The molecule has 1 saturated carbocycles. The van der Waals surface area contributed by atoms with Gasteiger partial charge in [-0.05, 0) is 46.5 Å². The summed E-state index contributed by atoms with van der Waals surface area (Å²) in [6.07, 6.45) is 9.51. The molecule has 1 amide bonds. The van der Waals surface area contributed by atoms with Crippen LogP contribution in [0.25, 0.3) is 11.0 Å². The SMILES string of the molecule is Cn1ncc2nc(Nc3cnn(CCOCCOCCNC(=O)OC(C)(C)C)c3)nc(NC3CCC(N4CCOCC4)CC3)c21. The minimum atomic E-state index is -0.518. The van der Waals surface area contributed by atoms with Crippen molar-refractivity contribution in [2.24, 2.45) is 7.05 Å². The molecule has 1 aliphatic heterocycles. The van der Waals surface area contributed by atoms with Crippen LogP contribution in [-0.4, -0.2) is 117 Å². The van der Waals surface area contributed by atoms with Crippen LogP contribution in [0.1, 0.15) is 46.5 Å². The predicted octanol–water partition coefficient (Wildman–Crippen LogP) is 2.92. The highest BCUT2D eigenvalue weighted by Gasteiger charge is 2.28. The highest BCUT2D eigenvalue weighted by atomic mass is 16.6. The Labute approximate surface area is 264 Å². The summed E-state index contributed by atoms with van der Waals surface area (Å²) in [6, 6.07) is 0.992. The van der Waals surface area contributed by atoms with Crippen LogP contribution < -0.4 is 16.0 Å². The van der Waals surface area contributed by atoms with Gasteiger partial charge in [0.1, 0.15) is 16.6 Å². The number of ether oxygens (including phenoxy) is 4. The second-order valence-electron chi connectivity index (χ2n) is 12.5. The van der Waals surface area contributed by atoms with Crippen LogP contribution in [0.3, 0.4) is 0 Å². The maximum atomic E-state index is 11.6. The summed E-state index contributed by atoms with van der Waals surface area (Å²) in [5.74, 6) is 1.29. The van der Waals surface area contributed by atoms with Crippen LogP contribution in [-0.2, 0) is 32.5 Å². The standard InChI is InChI=1S/C30H48N10O5/c1-30(2,3)45-29(41)31-9-13-42-17-18-44-16-12-40-21-23(19-33-40)35-28-36-25-20-32-38(4)26(25)27(37-28)34-22-5-7-24(8-6-22)39-10-14-43-15-11-39/h19-22,24H,5-18H2,1-4H3,(H,31,41)(H2,34,35,36,37). The van der Waals surface area contributed by atoms with Gasteiger partial charge in [0.05, 0.1) is 64.3 Å². The van der Waals surface area contributed by atoms with Crippen LogP contribution in [0.2, 0.25) is 0 Å². The number of aromatic nitrogens is 6. The van der Waals surface area contributed by atoms with Crippen molar-refractivity contribution in [1.29, 1.82) is 0 Å². The lowest BCUT2D eigenvalue weighted by Crippen LogP contribution is -2.46. The number of alkyl carbamates (subject to hydrolysis) is 1. The van der Waals surface area contributed by atoms with E-state index in [9.17, 15) is 4.79 Å². The number of nitrogens with zero attached hydrogens (tertiary/aromatic N) is 7. The average molecular weight is 629 g/mol. The zero-order valence-electron chi connectivity index (χ0n) is 27.0. The van der Waals surface area contributed by atoms with Crippen molar-refractivity contribution in [3.8, 4) is 0 Å². The highest BCUT2D eigenvalue weighted by Crippen LogP contribution is 2.29. The second kappa shape index (κ2) is 15.7. The zero-order valence-corrected chi connectivity index (χ0v) is 27.0. The Morgan fingerprint density at radius 1 is 1.00 bits per heavy atom. The van der Waals surface area contributed by atoms with E-state index in [0.29, 0.717) is 57.5 Å². The van der Waals surface area contributed by atoms with Gasteiger partial charge in [0.2, 0.25) is 5.95 Å². The van der Waals surface area contributed by atoms with Crippen molar-refractivity contribution >= 4 is 34.6 Å². The topological polar surface area (TPSA) is 155 Å². The van der Waals surface area contributed by atoms with Gasteiger partial charge >= 0.3 is 6.09 Å². The molecule has 5 rings (SSSR count). The van der Waals surface area contributed by atoms with Crippen molar-refractivity contribution in [2.45, 2.75) is 70.7 Å². The molecular weight excluding hydrogens is 580 g/mol. The molecule has 1 aliphatic carbocycles. The van der Waals surface area contributed by atoms with E-state index in [1.54, 1.807) is 12.4 Å². The summed E-state index contributed by atoms with van der Waals surface area (Å²) in [5, 5.41) is 18.5. The summed E-state index contributed by atoms with van der Waals surface area (Å²) in [6.45, 7) is 11.9. The first-order chi connectivity index (χ1) is 21.7. The largest absolute Gasteiger partial charge is 0.444 e. The summed E-state index contributed by atoms with van der Waals surface area (Å²) in [4.78, 5) is 23.8. The van der Waals surface area contributed by atoms with Crippen molar-refractivity contribution in [3.05, 3.63) is 18.6 Å². The van der Waals surface area contributed by atoms with E-state index in [-0.39, 0.29) is 0 Å². The lowest BCUT2D eigenvalue weighted by Gasteiger charge is -2.39. The third-order valence-corrected chi connectivity index (χ3v) is 7.83. The molecule has 4 heterocycles. The van der Waals surface area contributed by atoms with Crippen LogP contribution in [0.5, 0.6) is 0 Å². The summed E-state index contributed by atoms with van der Waals surface area (Å²) in [7, 11) is 1.92. The maximum Gasteiger partial charge on any atom is 0.407 e. The van der Waals surface area contributed by atoms with Crippen LogP contribution in [0.4, 0.5) is 22.2 Å². The Kier molecular flexibility index (Phi) is 11.4. The molecule has 15 heteroatoms. The van der Waals surface area contributed by atoms with Crippen molar-refractivity contribution in [1.82, 2.24) is 39.7 Å². The summed E-state index contributed by atoms with van der Waals surface area (Å²) in [5.41, 5.74) is 1.95. The molecule has 0 bridgehead atoms. The molecule has 1 saturated heterocycles. The van der Waals surface area contributed by atoms with Crippen molar-refractivity contribution in [2.75, 3.05) is 69.9 Å². The van der Waals surface area contributed by atoms with Crippen LogP contribution in [0, 0.1) is 0 Å². The first-order valence-corrected chi connectivity index (χ1v) is 15.9. The monoisotopic (exact) mass is 628 g/mol. The molecule has 15 nitrogen and oxygen atoms in total. The fourth-order valence-corrected chi connectivity index (χ4v) is 5.66. The van der Waals surface area contributed by atoms with Crippen molar-refractivity contribution < 1.29 is 23.7 Å². The van der Waals surface area contributed by atoms with Gasteiger partial charge in [-0.2, -0.15) is 15.2 Å². The number of fused-ring (bicyclic) bond motifs is 1. The molecule has 45 heavy (non-hydrogen) atoms. The number of rotatable bonds is 14. The van der Waals surface area contributed by atoms with Gasteiger partial charge in [0.25, 0.3) is 0 Å². The summed E-state index contributed by atoms with van der Waals surface area (Å²) < 4.78 is 25.5.